The zero-order valence-corrected chi connectivity index (χ0v) is 15.7. The molecule has 3 heterocycles. The Morgan fingerprint density at radius 2 is 2.11 bits per heavy atom. The van der Waals surface area contributed by atoms with E-state index < -0.39 is 6.04 Å². The quantitative estimate of drug-likeness (QED) is 0.695. The third kappa shape index (κ3) is 3.15. The van der Waals surface area contributed by atoms with Crippen LogP contribution in [0.1, 0.15) is 18.5 Å². The highest BCUT2D eigenvalue weighted by Crippen LogP contribution is 2.40. The fourth-order valence-corrected chi connectivity index (χ4v) is 3.45. The maximum atomic E-state index is 13.1. The van der Waals surface area contributed by atoms with Gasteiger partial charge in [-0.25, -0.2) is 4.68 Å². The van der Waals surface area contributed by atoms with E-state index in [1.165, 1.54) is 6.33 Å². The van der Waals surface area contributed by atoms with Crippen molar-refractivity contribution in [3.05, 3.63) is 75.9 Å². The van der Waals surface area contributed by atoms with Gasteiger partial charge in [0.15, 0.2) is 0 Å². The minimum absolute atomic E-state index is 0.296. The summed E-state index contributed by atoms with van der Waals surface area (Å²) in [5.41, 5.74) is 2.36. The van der Waals surface area contributed by atoms with E-state index in [2.05, 4.69) is 25.7 Å². The van der Waals surface area contributed by atoms with Crippen molar-refractivity contribution in [3.63, 3.8) is 0 Å². The first-order valence-electron chi connectivity index (χ1n) is 8.09. The summed E-state index contributed by atoms with van der Waals surface area (Å²) >= 11 is 12.7. The molecule has 1 unspecified atom stereocenters. The molecule has 0 saturated carbocycles. The number of nitrogens with one attached hydrogen (secondary N) is 2. The highest BCUT2D eigenvalue weighted by Gasteiger charge is 2.34. The highest BCUT2D eigenvalue weighted by atomic mass is 35.5. The van der Waals surface area contributed by atoms with E-state index in [-0.39, 0.29) is 5.91 Å². The predicted octanol–water partition coefficient (Wildman–Crippen LogP) is 3.91. The predicted molar refractivity (Wildman–Crippen MR) is 104 cm³/mol. The van der Waals surface area contributed by atoms with E-state index >= 15 is 0 Å². The molecule has 3 aromatic rings. The van der Waals surface area contributed by atoms with E-state index in [0.717, 1.165) is 0 Å². The molecule has 0 aliphatic carbocycles. The molecule has 27 heavy (non-hydrogen) atoms. The third-order valence-electron chi connectivity index (χ3n) is 4.23. The fourth-order valence-electron chi connectivity index (χ4n) is 3.04. The SMILES string of the molecule is CC1=C(C(=O)Nc2cccnc2)C(c2cccc(Cl)c2Cl)n2ncnc2N1. The summed E-state index contributed by atoms with van der Waals surface area (Å²) in [4.78, 5) is 21.3. The lowest BCUT2D eigenvalue weighted by molar-refractivity contribution is -0.113. The Labute approximate surface area is 165 Å². The van der Waals surface area contributed by atoms with Crippen LogP contribution in [0.4, 0.5) is 11.6 Å². The van der Waals surface area contributed by atoms with Crippen LogP contribution in [0.25, 0.3) is 0 Å². The van der Waals surface area contributed by atoms with Crippen molar-refractivity contribution in [2.75, 3.05) is 10.6 Å². The first-order chi connectivity index (χ1) is 13.1. The van der Waals surface area contributed by atoms with Gasteiger partial charge in [-0.05, 0) is 25.1 Å². The monoisotopic (exact) mass is 400 g/mol. The summed E-state index contributed by atoms with van der Waals surface area (Å²) in [6.45, 7) is 1.81. The van der Waals surface area contributed by atoms with Crippen molar-refractivity contribution in [2.24, 2.45) is 0 Å². The Hall–Kier alpha value is -2.90. The second-order valence-electron chi connectivity index (χ2n) is 5.93. The van der Waals surface area contributed by atoms with Crippen LogP contribution >= 0.6 is 23.2 Å². The molecular formula is C18H14Cl2N6O. The van der Waals surface area contributed by atoms with Crippen LogP contribution in [-0.4, -0.2) is 25.7 Å². The number of fused-ring (bicyclic) bond motifs is 1. The molecule has 0 saturated heterocycles. The number of allylic oxidation sites excluding steroid dienone is 1. The first kappa shape index (κ1) is 17.5. The Morgan fingerprint density at radius 1 is 1.26 bits per heavy atom. The van der Waals surface area contributed by atoms with Gasteiger partial charge in [-0.2, -0.15) is 10.1 Å². The summed E-state index contributed by atoms with van der Waals surface area (Å²) in [6.07, 6.45) is 4.63. The number of amides is 1. The number of hydrogen-bond acceptors (Lipinski definition) is 5. The smallest absolute Gasteiger partial charge is 0.255 e. The number of nitrogens with zero attached hydrogens (tertiary/aromatic N) is 4. The van der Waals surface area contributed by atoms with Crippen LogP contribution in [0.5, 0.6) is 0 Å². The number of carbonyl (C=O) groups is 1. The molecule has 0 bridgehead atoms. The molecule has 0 fully saturated rings. The summed E-state index contributed by atoms with van der Waals surface area (Å²) < 4.78 is 1.61. The third-order valence-corrected chi connectivity index (χ3v) is 5.07. The van der Waals surface area contributed by atoms with Crippen LogP contribution in [0.2, 0.25) is 10.0 Å². The van der Waals surface area contributed by atoms with Crippen molar-refractivity contribution in [1.82, 2.24) is 19.7 Å². The molecular weight excluding hydrogens is 387 g/mol. The average Bonchev–Trinajstić information content (AvgIpc) is 3.12. The molecule has 1 aliphatic rings. The number of hydrogen-bond donors (Lipinski definition) is 2. The highest BCUT2D eigenvalue weighted by molar-refractivity contribution is 6.42. The summed E-state index contributed by atoms with van der Waals surface area (Å²) in [6, 6.07) is 8.24. The second kappa shape index (κ2) is 7.02. The van der Waals surface area contributed by atoms with Crippen LogP contribution in [0.3, 0.4) is 0 Å². The largest absolute Gasteiger partial charge is 0.328 e. The Bertz CT molecular complexity index is 1050. The molecule has 1 atom stereocenters. The lowest BCUT2D eigenvalue weighted by atomic mass is 9.95. The Morgan fingerprint density at radius 3 is 2.89 bits per heavy atom. The minimum Gasteiger partial charge on any atom is -0.328 e. The molecule has 0 radical (unpaired) electrons. The van der Waals surface area contributed by atoms with Crippen LogP contribution in [-0.2, 0) is 4.79 Å². The van der Waals surface area contributed by atoms with E-state index in [1.54, 1.807) is 41.3 Å². The van der Waals surface area contributed by atoms with Gasteiger partial charge in [-0.15, -0.1) is 0 Å². The maximum absolute atomic E-state index is 13.1. The van der Waals surface area contributed by atoms with E-state index in [4.69, 9.17) is 23.2 Å². The number of carbonyl (C=O) groups excluding carboxylic acids is 1. The molecule has 2 aromatic heterocycles. The van der Waals surface area contributed by atoms with E-state index in [9.17, 15) is 4.79 Å². The second-order valence-corrected chi connectivity index (χ2v) is 6.72. The van der Waals surface area contributed by atoms with Gasteiger partial charge in [0.05, 0.1) is 27.5 Å². The molecule has 1 amide bonds. The maximum Gasteiger partial charge on any atom is 0.255 e. The van der Waals surface area contributed by atoms with Gasteiger partial charge in [0, 0.05) is 17.5 Å². The van der Waals surface area contributed by atoms with Crippen molar-refractivity contribution in [2.45, 2.75) is 13.0 Å². The van der Waals surface area contributed by atoms with Gasteiger partial charge in [0.1, 0.15) is 12.4 Å². The molecule has 2 N–H and O–H groups in total. The van der Waals surface area contributed by atoms with Crippen molar-refractivity contribution >= 4 is 40.7 Å². The average molecular weight is 401 g/mol. The number of anilines is 2. The Kier molecular flexibility index (Phi) is 4.55. The number of benzene rings is 1. The lowest BCUT2D eigenvalue weighted by Gasteiger charge is -2.29. The van der Waals surface area contributed by atoms with Crippen molar-refractivity contribution in [1.29, 1.82) is 0 Å². The molecule has 1 aromatic carbocycles. The van der Waals surface area contributed by atoms with Gasteiger partial charge in [0.2, 0.25) is 5.95 Å². The Balaban J connectivity index is 1.82. The standard InChI is InChI=1S/C18H14Cl2N6O/c1-10-14(17(27)25-11-4-3-7-21-8-11)16(26-18(24-10)22-9-23-26)12-5-2-6-13(19)15(12)20/h2-9,16H,1H3,(H,25,27)(H,22,23,24). The molecule has 0 spiro atoms. The zero-order chi connectivity index (χ0) is 19.0. The lowest BCUT2D eigenvalue weighted by Crippen LogP contribution is -2.31. The van der Waals surface area contributed by atoms with Crippen molar-refractivity contribution < 1.29 is 4.79 Å². The summed E-state index contributed by atoms with van der Waals surface area (Å²) in [7, 11) is 0. The van der Waals surface area contributed by atoms with Crippen LogP contribution in [0.15, 0.2) is 60.3 Å². The normalized spacial score (nSPS) is 15.9. The fraction of sp³-hybridized carbons (Fsp3) is 0.111. The topological polar surface area (TPSA) is 84.7 Å². The number of pyridine rings is 1. The minimum atomic E-state index is -0.577. The molecule has 136 valence electrons. The number of aromatic nitrogens is 4. The molecule has 7 nitrogen and oxygen atoms in total. The van der Waals surface area contributed by atoms with Gasteiger partial charge < -0.3 is 10.6 Å². The number of halogens is 2. The zero-order valence-electron chi connectivity index (χ0n) is 14.1. The molecule has 1 aliphatic heterocycles. The van der Waals surface area contributed by atoms with E-state index in [0.29, 0.717) is 38.5 Å². The van der Waals surface area contributed by atoms with Gasteiger partial charge in [-0.1, -0.05) is 35.3 Å². The summed E-state index contributed by atoms with van der Waals surface area (Å²) in [5, 5.41) is 11.0. The summed E-state index contributed by atoms with van der Waals surface area (Å²) in [5.74, 6) is 0.224. The first-order valence-corrected chi connectivity index (χ1v) is 8.84. The molecule has 9 heteroatoms. The van der Waals surface area contributed by atoms with Crippen molar-refractivity contribution in [3.8, 4) is 0 Å². The van der Waals surface area contributed by atoms with Gasteiger partial charge in [0.25, 0.3) is 5.91 Å². The number of rotatable bonds is 3. The van der Waals surface area contributed by atoms with E-state index in [1.807, 2.05) is 13.0 Å². The van der Waals surface area contributed by atoms with Gasteiger partial charge in [-0.3, -0.25) is 9.78 Å². The van der Waals surface area contributed by atoms with Crippen LogP contribution in [0, 0.1) is 0 Å². The van der Waals surface area contributed by atoms with Crippen LogP contribution < -0.4 is 10.6 Å². The van der Waals surface area contributed by atoms with Gasteiger partial charge >= 0.3 is 0 Å². The molecule has 4 rings (SSSR count).